The Balaban J connectivity index is 0.00000361. The van der Waals surface area contributed by atoms with Crippen molar-refractivity contribution in [1.82, 2.24) is 10.2 Å². The van der Waals surface area contributed by atoms with E-state index in [4.69, 9.17) is 4.74 Å². The first-order valence-electron chi connectivity index (χ1n) is 6.48. The maximum Gasteiger partial charge on any atom is 1.00 e. The van der Waals surface area contributed by atoms with Crippen molar-refractivity contribution in [3.05, 3.63) is 0 Å². The van der Waals surface area contributed by atoms with Gasteiger partial charge in [0, 0.05) is 6.04 Å². The zero-order valence-corrected chi connectivity index (χ0v) is 15.7. The van der Waals surface area contributed by atoms with Crippen LogP contribution in [-0.4, -0.2) is 49.1 Å². The molecule has 0 radical (unpaired) electrons. The topological polar surface area (TPSA) is 41.6 Å². The minimum atomic E-state index is -4.77. The number of carbonyl (C=O) groups is 1. The van der Waals surface area contributed by atoms with Crippen molar-refractivity contribution in [2.24, 2.45) is 0 Å². The molecule has 0 bridgehead atoms. The van der Waals surface area contributed by atoms with Gasteiger partial charge in [-0.2, -0.15) is 0 Å². The molecule has 0 aromatic heterocycles. The van der Waals surface area contributed by atoms with Gasteiger partial charge in [0.15, 0.2) is 0 Å². The Morgan fingerprint density at radius 2 is 1.80 bits per heavy atom. The Kier molecular flexibility index (Phi) is 8.68. The molecule has 1 saturated heterocycles. The Morgan fingerprint density at radius 3 is 2.20 bits per heavy atom. The largest absolute Gasteiger partial charge is 1.00 e. The second-order valence-corrected chi connectivity index (χ2v) is 5.93. The van der Waals surface area contributed by atoms with Crippen molar-refractivity contribution in [3.8, 4) is 0 Å². The van der Waals surface area contributed by atoms with E-state index in [1.165, 1.54) is 4.90 Å². The van der Waals surface area contributed by atoms with E-state index in [0.29, 0.717) is 25.9 Å². The molecule has 4 nitrogen and oxygen atoms in total. The monoisotopic (exact) mass is 320 g/mol. The molecule has 0 atom stereocenters. The van der Waals surface area contributed by atoms with Gasteiger partial charge in [-0.25, -0.2) is 4.79 Å². The zero-order valence-electron chi connectivity index (χ0n) is 12.6. The first-order chi connectivity index (χ1) is 8.55. The second kappa shape index (κ2) is 8.38. The van der Waals surface area contributed by atoms with Crippen LogP contribution in [-0.2, 0) is 4.74 Å². The molecular formula is C11H21BF3KN2O2. The van der Waals surface area contributed by atoms with Crippen LogP contribution >= 0.6 is 0 Å². The zero-order chi connectivity index (χ0) is 14.7. The van der Waals surface area contributed by atoms with Gasteiger partial charge in [0.1, 0.15) is 5.60 Å². The van der Waals surface area contributed by atoms with Crippen LogP contribution in [0, 0.1) is 0 Å². The minimum absolute atomic E-state index is 0. The van der Waals surface area contributed by atoms with Crippen LogP contribution in [0.5, 0.6) is 0 Å². The number of piperidine rings is 1. The molecule has 9 heteroatoms. The predicted octanol–water partition coefficient (Wildman–Crippen LogP) is -0.634. The fraction of sp³-hybridized carbons (Fsp3) is 0.909. The SMILES string of the molecule is CC(C)(C)OC(=O)NC1CCN(C[B-](F)(F)F)CC1.[K+]. The van der Waals surface area contributed by atoms with E-state index in [1.54, 1.807) is 20.8 Å². The number of halogens is 3. The third-order valence-corrected chi connectivity index (χ3v) is 2.77. The molecule has 0 unspecified atom stereocenters. The van der Waals surface area contributed by atoms with Crippen molar-refractivity contribution >= 4 is 13.1 Å². The predicted molar refractivity (Wildman–Crippen MR) is 67.9 cm³/mol. The number of carbonyl (C=O) groups excluding carboxylic acids is 1. The number of nitrogens with one attached hydrogen (secondary N) is 1. The first kappa shape index (κ1) is 20.7. The maximum absolute atomic E-state index is 12.3. The molecule has 1 aliphatic rings. The summed E-state index contributed by atoms with van der Waals surface area (Å²) in [5, 5.41) is 2.69. The number of ether oxygens (including phenoxy) is 1. The summed E-state index contributed by atoms with van der Waals surface area (Å²) in [6.45, 7) is 1.22. The summed E-state index contributed by atoms with van der Waals surface area (Å²) in [6.07, 6.45) is -0.290. The fourth-order valence-electron chi connectivity index (χ4n) is 2.03. The Hall–Kier alpha value is 0.721. The van der Waals surface area contributed by atoms with Crippen LogP contribution < -0.4 is 56.7 Å². The van der Waals surface area contributed by atoms with Gasteiger partial charge in [-0.1, -0.05) is 0 Å². The summed E-state index contributed by atoms with van der Waals surface area (Å²) in [7, 11) is 0. The Morgan fingerprint density at radius 1 is 1.30 bits per heavy atom. The number of rotatable bonds is 3. The van der Waals surface area contributed by atoms with Gasteiger partial charge in [-0.05, 0) is 53.1 Å². The third kappa shape index (κ3) is 9.62. The average Bonchev–Trinajstić information content (AvgIpc) is 2.15. The normalized spacial score (nSPS) is 18.3. The Bertz CT molecular complexity index is 316. The molecular weight excluding hydrogens is 299 g/mol. The van der Waals surface area contributed by atoms with E-state index in [1.807, 2.05) is 0 Å². The Labute approximate surface area is 160 Å². The molecule has 0 aliphatic carbocycles. The summed E-state index contributed by atoms with van der Waals surface area (Å²) in [5.41, 5.74) is -0.566. The van der Waals surface area contributed by atoms with Crippen molar-refractivity contribution in [3.63, 3.8) is 0 Å². The summed E-state index contributed by atoms with van der Waals surface area (Å²) in [4.78, 5) is 12.9. The van der Waals surface area contributed by atoms with Crippen LogP contribution in [0.2, 0.25) is 0 Å². The summed E-state index contributed by atoms with van der Waals surface area (Å²) < 4.78 is 41.9. The number of alkyl carbamates (subject to hydrolysis) is 1. The third-order valence-electron chi connectivity index (χ3n) is 2.77. The van der Waals surface area contributed by atoms with Crippen LogP contribution in [0.25, 0.3) is 0 Å². The number of hydrogen-bond donors (Lipinski definition) is 1. The molecule has 0 spiro atoms. The molecule has 1 rings (SSSR count). The van der Waals surface area contributed by atoms with Crippen LogP contribution in [0.3, 0.4) is 0 Å². The van der Waals surface area contributed by atoms with Crippen molar-refractivity contribution in [2.75, 3.05) is 19.5 Å². The van der Waals surface area contributed by atoms with Crippen LogP contribution in [0.15, 0.2) is 0 Å². The molecule has 1 aliphatic heterocycles. The van der Waals surface area contributed by atoms with E-state index in [9.17, 15) is 17.7 Å². The van der Waals surface area contributed by atoms with E-state index >= 15 is 0 Å². The fourth-order valence-corrected chi connectivity index (χ4v) is 2.03. The van der Waals surface area contributed by atoms with Gasteiger partial charge in [0.05, 0.1) is 0 Å². The first-order valence-corrected chi connectivity index (χ1v) is 6.48. The molecule has 1 heterocycles. The van der Waals surface area contributed by atoms with E-state index in [0.717, 1.165) is 0 Å². The van der Waals surface area contributed by atoms with Crippen molar-refractivity contribution in [2.45, 2.75) is 45.3 Å². The molecule has 0 aromatic rings. The van der Waals surface area contributed by atoms with Gasteiger partial charge < -0.3 is 27.9 Å². The standard InChI is InChI=1S/C11H21BF3N2O2.K/c1-11(2,3)19-10(18)16-9-4-6-17(7-5-9)8-12(13,14)15;/h9H,4-8H2,1-3H3,(H,16,18);/q-1;+1. The number of nitrogens with zero attached hydrogens (tertiary/aromatic N) is 1. The molecule has 0 saturated carbocycles. The van der Waals surface area contributed by atoms with E-state index in [2.05, 4.69) is 5.32 Å². The second-order valence-electron chi connectivity index (χ2n) is 5.93. The molecule has 1 N–H and O–H groups in total. The van der Waals surface area contributed by atoms with Gasteiger partial charge in [0.25, 0.3) is 0 Å². The average molecular weight is 320 g/mol. The van der Waals surface area contributed by atoms with Crippen LogP contribution in [0.1, 0.15) is 33.6 Å². The van der Waals surface area contributed by atoms with Crippen molar-refractivity contribution < 1.29 is 73.9 Å². The number of amides is 1. The molecule has 20 heavy (non-hydrogen) atoms. The van der Waals surface area contributed by atoms with Gasteiger partial charge in [-0.15, -0.1) is 0 Å². The van der Waals surface area contributed by atoms with Crippen molar-refractivity contribution in [1.29, 1.82) is 0 Å². The molecule has 1 amide bonds. The maximum atomic E-state index is 12.3. The summed E-state index contributed by atoms with van der Waals surface area (Å²) in [5.74, 6) is 0. The van der Waals surface area contributed by atoms with E-state index < -0.39 is 25.1 Å². The van der Waals surface area contributed by atoms with Gasteiger partial charge in [0.2, 0.25) is 0 Å². The summed E-state index contributed by atoms with van der Waals surface area (Å²) in [6, 6.07) is -0.105. The smallest absolute Gasteiger partial charge is 0.448 e. The van der Waals surface area contributed by atoms with Crippen LogP contribution in [0.4, 0.5) is 17.7 Å². The molecule has 1 fully saturated rings. The molecule has 0 aromatic carbocycles. The van der Waals surface area contributed by atoms with Gasteiger partial charge >= 0.3 is 64.5 Å². The van der Waals surface area contributed by atoms with E-state index in [-0.39, 0.29) is 57.4 Å². The number of likely N-dealkylation sites (tertiary alicyclic amines) is 1. The van der Waals surface area contributed by atoms with Gasteiger partial charge in [-0.3, -0.25) is 0 Å². The minimum Gasteiger partial charge on any atom is -0.448 e. The summed E-state index contributed by atoms with van der Waals surface area (Å²) >= 11 is 0. The number of hydrogen-bond acceptors (Lipinski definition) is 3. The molecule has 112 valence electrons. The quantitative estimate of drug-likeness (QED) is 0.704.